The molecule has 1 atom stereocenters. The average Bonchev–Trinajstić information content (AvgIpc) is 2.37. The smallest absolute Gasteiger partial charge is 0.137 e. The maximum absolute atomic E-state index is 13.8. The number of halogens is 3. The Morgan fingerprint density at radius 1 is 0.944 bits per heavy atom. The summed E-state index contributed by atoms with van der Waals surface area (Å²) in [7, 11) is 1.72. The molecule has 0 bridgehead atoms. The molecule has 0 fully saturated rings. The third kappa shape index (κ3) is 2.44. The van der Waals surface area contributed by atoms with Crippen LogP contribution in [0.25, 0.3) is 0 Å². The molecule has 18 heavy (non-hydrogen) atoms. The van der Waals surface area contributed by atoms with Crippen LogP contribution in [0.5, 0.6) is 0 Å². The van der Waals surface area contributed by atoms with E-state index in [4.69, 9.17) is 0 Å². The minimum atomic E-state index is -0.392. The van der Waals surface area contributed by atoms with Gasteiger partial charge in [-0.25, -0.2) is 8.78 Å². The Kier molecular flexibility index (Phi) is 4.09. The minimum Gasteiger partial charge on any atom is -0.309 e. The molecule has 0 radical (unpaired) electrons. The highest BCUT2D eigenvalue weighted by Crippen LogP contribution is 2.31. The van der Waals surface area contributed by atoms with E-state index < -0.39 is 6.04 Å². The summed E-state index contributed by atoms with van der Waals surface area (Å²) in [6, 6.07) is 10.8. The zero-order valence-corrected chi connectivity index (χ0v) is 11.3. The second-order valence-electron chi connectivity index (χ2n) is 3.89. The van der Waals surface area contributed by atoms with Crippen molar-refractivity contribution in [3.8, 4) is 0 Å². The van der Waals surface area contributed by atoms with Crippen LogP contribution in [-0.4, -0.2) is 7.05 Å². The molecule has 94 valence electrons. The predicted molar refractivity (Wildman–Crippen MR) is 71.4 cm³/mol. The van der Waals surface area contributed by atoms with Crippen LogP contribution in [0.1, 0.15) is 17.2 Å². The minimum absolute atomic E-state index is 0.312. The standard InChI is InChI=1S/C14H12BrF2N/c1-18-14(9-5-2-3-7-11(9)16)10-6-4-8-12(17)13(10)15/h2-8,14,18H,1H3. The summed E-state index contributed by atoms with van der Waals surface area (Å²) in [6.07, 6.45) is 0. The van der Waals surface area contributed by atoms with E-state index in [1.54, 1.807) is 37.4 Å². The van der Waals surface area contributed by atoms with Gasteiger partial charge in [-0.2, -0.15) is 0 Å². The summed E-state index contributed by atoms with van der Waals surface area (Å²) in [6.45, 7) is 0. The molecule has 1 nitrogen and oxygen atoms in total. The highest BCUT2D eigenvalue weighted by Gasteiger charge is 2.19. The lowest BCUT2D eigenvalue weighted by Crippen LogP contribution is -2.19. The summed E-state index contributed by atoms with van der Waals surface area (Å²) < 4.78 is 27.7. The molecule has 2 rings (SSSR count). The molecular formula is C14H12BrF2N. The van der Waals surface area contributed by atoms with Crippen molar-refractivity contribution in [3.05, 3.63) is 69.7 Å². The van der Waals surface area contributed by atoms with Crippen LogP contribution in [0, 0.1) is 11.6 Å². The quantitative estimate of drug-likeness (QED) is 0.902. The second-order valence-corrected chi connectivity index (χ2v) is 4.68. The summed E-state index contributed by atoms with van der Waals surface area (Å²) in [5.41, 5.74) is 1.16. The molecule has 0 aromatic heterocycles. The van der Waals surface area contributed by atoms with Gasteiger partial charge in [0.1, 0.15) is 11.6 Å². The van der Waals surface area contributed by atoms with Crippen LogP contribution in [0.2, 0.25) is 0 Å². The normalized spacial score (nSPS) is 12.4. The lowest BCUT2D eigenvalue weighted by atomic mass is 9.98. The van der Waals surface area contributed by atoms with Crippen LogP contribution in [0.4, 0.5) is 8.78 Å². The monoisotopic (exact) mass is 311 g/mol. The fourth-order valence-electron chi connectivity index (χ4n) is 1.93. The van der Waals surface area contributed by atoms with Crippen molar-refractivity contribution in [1.29, 1.82) is 0 Å². The molecule has 0 aliphatic carbocycles. The molecule has 0 spiro atoms. The molecule has 0 aliphatic rings. The molecule has 1 N–H and O–H groups in total. The summed E-state index contributed by atoms with van der Waals surface area (Å²) >= 11 is 3.21. The summed E-state index contributed by atoms with van der Waals surface area (Å²) in [5, 5.41) is 3.01. The van der Waals surface area contributed by atoms with Crippen LogP contribution in [0.3, 0.4) is 0 Å². The van der Waals surface area contributed by atoms with Crippen molar-refractivity contribution >= 4 is 15.9 Å². The predicted octanol–water partition coefficient (Wildman–Crippen LogP) is 4.04. The molecule has 0 saturated heterocycles. The van der Waals surface area contributed by atoms with Gasteiger partial charge in [0.05, 0.1) is 10.5 Å². The molecule has 0 aliphatic heterocycles. The van der Waals surface area contributed by atoms with Gasteiger partial charge in [-0.05, 0) is 40.7 Å². The Bertz CT molecular complexity index is 557. The largest absolute Gasteiger partial charge is 0.309 e. The van der Waals surface area contributed by atoms with E-state index in [-0.39, 0.29) is 11.6 Å². The third-order valence-corrected chi connectivity index (χ3v) is 3.63. The Morgan fingerprint density at radius 2 is 1.56 bits per heavy atom. The van der Waals surface area contributed by atoms with Gasteiger partial charge in [-0.1, -0.05) is 30.3 Å². The Labute approximate surface area is 113 Å². The number of hydrogen-bond donors (Lipinski definition) is 1. The maximum atomic E-state index is 13.8. The number of rotatable bonds is 3. The first kappa shape index (κ1) is 13.2. The maximum Gasteiger partial charge on any atom is 0.137 e. The van der Waals surface area contributed by atoms with Gasteiger partial charge in [-0.15, -0.1) is 0 Å². The van der Waals surface area contributed by atoms with Crippen molar-refractivity contribution in [2.24, 2.45) is 0 Å². The zero-order valence-electron chi connectivity index (χ0n) is 9.75. The first-order chi connectivity index (χ1) is 8.65. The van der Waals surface area contributed by atoms with E-state index >= 15 is 0 Å². The highest BCUT2D eigenvalue weighted by molar-refractivity contribution is 9.10. The topological polar surface area (TPSA) is 12.0 Å². The van der Waals surface area contributed by atoms with E-state index in [2.05, 4.69) is 21.2 Å². The van der Waals surface area contributed by atoms with Crippen LogP contribution >= 0.6 is 15.9 Å². The second kappa shape index (κ2) is 5.59. The van der Waals surface area contributed by atoms with Gasteiger partial charge in [0.2, 0.25) is 0 Å². The van der Waals surface area contributed by atoms with E-state index in [0.29, 0.717) is 15.6 Å². The number of benzene rings is 2. The molecule has 2 aromatic carbocycles. The molecule has 4 heteroatoms. The molecule has 2 aromatic rings. The van der Waals surface area contributed by atoms with Gasteiger partial charge in [0.15, 0.2) is 0 Å². The van der Waals surface area contributed by atoms with E-state index in [0.717, 1.165) is 0 Å². The Morgan fingerprint density at radius 3 is 2.22 bits per heavy atom. The van der Waals surface area contributed by atoms with Crippen molar-refractivity contribution in [3.63, 3.8) is 0 Å². The van der Waals surface area contributed by atoms with Crippen molar-refractivity contribution in [1.82, 2.24) is 5.32 Å². The van der Waals surface area contributed by atoms with Crippen LogP contribution in [-0.2, 0) is 0 Å². The fourth-order valence-corrected chi connectivity index (χ4v) is 2.42. The SMILES string of the molecule is CNC(c1ccccc1F)c1cccc(F)c1Br. The van der Waals surface area contributed by atoms with Crippen molar-refractivity contribution in [2.75, 3.05) is 7.05 Å². The third-order valence-electron chi connectivity index (χ3n) is 2.80. The summed E-state index contributed by atoms with van der Waals surface area (Å²) in [5.74, 6) is -0.669. The molecule has 0 saturated carbocycles. The average molecular weight is 312 g/mol. The first-order valence-electron chi connectivity index (χ1n) is 5.50. The molecule has 0 amide bonds. The van der Waals surface area contributed by atoms with Gasteiger partial charge in [0, 0.05) is 5.56 Å². The number of nitrogens with one attached hydrogen (secondary N) is 1. The molecule has 0 heterocycles. The van der Waals surface area contributed by atoms with Crippen LogP contribution in [0.15, 0.2) is 46.9 Å². The van der Waals surface area contributed by atoms with E-state index in [1.165, 1.54) is 12.1 Å². The van der Waals surface area contributed by atoms with Crippen LogP contribution < -0.4 is 5.32 Å². The zero-order chi connectivity index (χ0) is 13.1. The van der Waals surface area contributed by atoms with Crippen molar-refractivity contribution in [2.45, 2.75) is 6.04 Å². The molecule has 1 unspecified atom stereocenters. The fraction of sp³-hybridized carbons (Fsp3) is 0.143. The first-order valence-corrected chi connectivity index (χ1v) is 6.30. The van der Waals surface area contributed by atoms with E-state index in [1.807, 2.05) is 0 Å². The van der Waals surface area contributed by atoms with Gasteiger partial charge in [-0.3, -0.25) is 0 Å². The van der Waals surface area contributed by atoms with E-state index in [9.17, 15) is 8.78 Å². The molecular weight excluding hydrogens is 300 g/mol. The lowest BCUT2D eigenvalue weighted by Gasteiger charge is -2.19. The van der Waals surface area contributed by atoms with Crippen molar-refractivity contribution < 1.29 is 8.78 Å². The van der Waals surface area contributed by atoms with Gasteiger partial charge >= 0.3 is 0 Å². The highest BCUT2D eigenvalue weighted by atomic mass is 79.9. The Balaban J connectivity index is 2.53. The summed E-state index contributed by atoms with van der Waals surface area (Å²) in [4.78, 5) is 0. The van der Waals surface area contributed by atoms with Gasteiger partial charge < -0.3 is 5.32 Å². The van der Waals surface area contributed by atoms with Gasteiger partial charge in [0.25, 0.3) is 0 Å². The Hall–Kier alpha value is -1.26. The number of hydrogen-bond acceptors (Lipinski definition) is 1. The lowest BCUT2D eigenvalue weighted by molar-refractivity contribution is 0.569.